The fourth-order valence-corrected chi connectivity index (χ4v) is 4.42. The van der Waals surface area contributed by atoms with Crippen molar-refractivity contribution in [1.29, 1.82) is 0 Å². The van der Waals surface area contributed by atoms with Crippen LogP contribution in [-0.4, -0.2) is 54.5 Å². The summed E-state index contributed by atoms with van der Waals surface area (Å²) in [6, 6.07) is 10.6. The lowest BCUT2D eigenvalue weighted by atomic mass is 9.94. The quantitative estimate of drug-likeness (QED) is 0.222. The van der Waals surface area contributed by atoms with Crippen LogP contribution in [-0.2, 0) is 9.59 Å². The second-order valence-electron chi connectivity index (χ2n) is 8.95. The first kappa shape index (κ1) is 26.3. The van der Waals surface area contributed by atoms with E-state index in [2.05, 4.69) is 20.8 Å². The van der Waals surface area contributed by atoms with Gasteiger partial charge in [0, 0.05) is 5.57 Å². The van der Waals surface area contributed by atoms with Crippen molar-refractivity contribution in [2.24, 2.45) is 0 Å². The maximum absolute atomic E-state index is 13.6. The van der Waals surface area contributed by atoms with Gasteiger partial charge in [0.15, 0.2) is 0 Å². The molecule has 1 aliphatic rings. The predicted molar refractivity (Wildman–Crippen MR) is 133 cm³/mol. The van der Waals surface area contributed by atoms with E-state index in [1.54, 1.807) is 30.3 Å². The third-order valence-corrected chi connectivity index (χ3v) is 6.64. The molecule has 1 aliphatic heterocycles. The van der Waals surface area contributed by atoms with Gasteiger partial charge in [-0.05, 0) is 68.1 Å². The molecule has 1 amide bonds. The van der Waals surface area contributed by atoms with Crippen LogP contribution in [0.15, 0.2) is 48.0 Å². The highest BCUT2D eigenvalue weighted by molar-refractivity contribution is 6.46. The van der Waals surface area contributed by atoms with Crippen LogP contribution < -0.4 is 14.7 Å². The van der Waals surface area contributed by atoms with E-state index >= 15 is 0 Å². The Morgan fingerprint density at radius 1 is 1.09 bits per heavy atom. The number of ether oxygens (including phenoxy) is 1. The van der Waals surface area contributed by atoms with E-state index in [0.717, 1.165) is 31.5 Å². The number of Topliss-reactive ketones (excluding diaryl/α,β-unsaturated/α-hetero) is 1. The number of likely N-dealkylation sites (N-methyl/N-ethyl adjacent to an activating group) is 1. The molecule has 2 aromatic rings. The average Bonchev–Trinajstić information content (AvgIpc) is 3.10. The van der Waals surface area contributed by atoms with Crippen LogP contribution in [0.2, 0.25) is 0 Å². The summed E-state index contributed by atoms with van der Waals surface area (Å²) in [5, 5.41) is 23.4. The lowest BCUT2D eigenvalue weighted by molar-refractivity contribution is -0.895. The molecule has 0 aliphatic carbocycles. The summed E-state index contributed by atoms with van der Waals surface area (Å²) in [4.78, 5) is 29.0. The SMILES string of the molecule is CCCCOc1ccc(C([O-])=C2C(=O)C(=O)N(CC[NH+](CC)CC)C2c2ccc(O)cc2)cc1C. The maximum atomic E-state index is 13.6. The molecule has 1 saturated heterocycles. The first-order chi connectivity index (χ1) is 16.8. The Bertz CT molecular complexity index is 1070. The van der Waals surface area contributed by atoms with Crippen LogP contribution in [0, 0.1) is 6.92 Å². The Balaban J connectivity index is 2.03. The van der Waals surface area contributed by atoms with Crippen LogP contribution in [0.1, 0.15) is 56.3 Å². The summed E-state index contributed by atoms with van der Waals surface area (Å²) >= 11 is 0. The van der Waals surface area contributed by atoms with Crippen LogP contribution in [0.4, 0.5) is 0 Å². The molecule has 0 bridgehead atoms. The first-order valence-electron chi connectivity index (χ1n) is 12.4. The number of quaternary nitrogens is 1. The molecule has 0 aromatic heterocycles. The van der Waals surface area contributed by atoms with Crippen LogP contribution in [0.5, 0.6) is 11.5 Å². The van der Waals surface area contributed by atoms with Gasteiger partial charge >= 0.3 is 0 Å². The van der Waals surface area contributed by atoms with Gasteiger partial charge in [-0.2, -0.15) is 0 Å². The maximum Gasteiger partial charge on any atom is 0.295 e. The number of phenolic OH excluding ortho intramolecular Hbond substituents is 1. The second kappa shape index (κ2) is 11.9. The molecule has 1 heterocycles. The number of hydrogen-bond acceptors (Lipinski definition) is 5. The topological polar surface area (TPSA) is 94.3 Å². The zero-order valence-electron chi connectivity index (χ0n) is 21.1. The highest BCUT2D eigenvalue weighted by Crippen LogP contribution is 2.39. The van der Waals surface area contributed by atoms with Crippen molar-refractivity contribution in [3.8, 4) is 11.5 Å². The van der Waals surface area contributed by atoms with E-state index in [1.165, 1.54) is 21.9 Å². The van der Waals surface area contributed by atoms with Gasteiger partial charge < -0.3 is 24.7 Å². The van der Waals surface area contributed by atoms with Gasteiger partial charge in [-0.15, -0.1) is 0 Å². The van der Waals surface area contributed by atoms with Crippen molar-refractivity contribution in [1.82, 2.24) is 4.90 Å². The van der Waals surface area contributed by atoms with Crippen molar-refractivity contribution in [3.63, 3.8) is 0 Å². The molecule has 2 N–H and O–H groups in total. The van der Waals surface area contributed by atoms with Gasteiger partial charge in [-0.3, -0.25) is 9.59 Å². The lowest BCUT2D eigenvalue weighted by Gasteiger charge is -2.28. The summed E-state index contributed by atoms with van der Waals surface area (Å²) < 4.78 is 5.80. The van der Waals surface area contributed by atoms with Crippen molar-refractivity contribution >= 4 is 17.4 Å². The smallest absolute Gasteiger partial charge is 0.295 e. The molecule has 3 rings (SSSR count). The number of carbonyl (C=O) groups is 2. The first-order valence-corrected chi connectivity index (χ1v) is 12.4. The molecule has 35 heavy (non-hydrogen) atoms. The number of phenols is 1. The van der Waals surface area contributed by atoms with Crippen molar-refractivity contribution < 1.29 is 29.4 Å². The van der Waals surface area contributed by atoms with E-state index in [-0.39, 0.29) is 11.3 Å². The molecule has 0 radical (unpaired) electrons. The molecule has 0 spiro atoms. The fourth-order valence-electron chi connectivity index (χ4n) is 4.42. The van der Waals surface area contributed by atoms with Crippen molar-refractivity contribution in [3.05, 3.63) is 64.7 Å². The number of benzene rings is 2. The molecule has 0 saturated carbocycles. The van der Waals surface area contributed by atoms with E-state index in [9.17, 15) is 19.8 Å². The van der Waals surface area contributed by atoms with Gasteiger partial charge in [0.05, 0.1) is 38.8 Å². The zero-order chi connectivity index (χ0) is 25.5. The summed E-state index contributed by atoms with van der Waals surface area (Å²) in [6.07, 6.45) is 1.96. The minimum absolute atomic E-state index is 0.0470. The minimum Gasteiger partial charge on any atom is -0.872 e. The van der Waals surface area contributed by atoms with Gasteiger partial charge in [-0.1, -0.05) is 37.3 Å². The number of carbonyl (C=O) groups excluding carboxylic acids is 2. The van der Waals surface area contributed by atoms with E-state index < -0.39 is 23.5 Å². The number of likely N-dealkylation sites (tertiary alicyclic amines) is 1. The Morgan fingerprint density at radius 3 is 2.37 bits per heavy atom. The normalized spacial score (nSPS) is 17.4. The van der Waals surface area contributed by atoms with E-state index in [1.807, 2.05) is 6.92 Å². The molecule has 2 aromatic carbocycles. The minimum atomic E-state index is -0.793. The predicted octanol–water partition coefficient (Wildman–Crippen LogP) is 2.03. The van der Waals surface area contributed by atoms with E-state index in [0.29, 0.717) is 36.6 Å². The highest BCUT2D eigenvalue weighted by Gasteiger charge is 2.44. The molecule has 7 heteroatoms. The molecule has 1 fully saturated rings. The largest absolute Gasteiger partial charge is 0.872 e. The van der Waals surface area contributed by atoms with Crippen LogP contribution >= 0.6 is 0 Å². The summed E-state index contributed by atoms with van der Waals surface area (Å²) in [6.45, 7) is 11.5. The van der Waals surface area contributed by atoms with Gasteiger partial charge in [0.1, 0.15) is 11.5 Å². The summed E-state index contributed by atoms with van der Waals surface area (Å²) in [5.74, 6) is -1.10. The third kappa shape index (κ3) is 5.85. The Labute approximate surface area is 207 Å². The molecular weight excluding hydrogens is 444 g/mol. The third-order valence-electron chi connectivity index (χ3n) is 6.64. The van der Waals surface area contributed by atoms with Crippen LogP contribution in [0.25, 0.3) is 5.76 Å². The number of amides is 1. The zero-order valence-corrected chi connectivity index (χ0v) is 21.1. The molecule has 1 atom stereocenters. The van der Waals surface area contributed by atoms with Crippen LogP contribution in [0.3, 0.4) is 0 Å². The van der Waals surface area contributed by atoms with E-state index in [4.69, 9.17) is 4.74 Å². The Kier molecular flexibility index (Phi) is 8.93. The highest BCUT2D eigenvalue weighted by atomic mass is 16.5. The Hall–Kier alpha value is -3.32. The molecular formula is C28H36N2O5. The molecule has 188 valence electrons. The second-order valence-corrected chi connectivity index (χ2v) is 8.95. The number of unbranched alkanes of at least 4 members (excludes halogenated alkanes) is 1. The number of aromatic hydroxyl groups is 1. The summed E-state index contributed by atoms with van der Waals surface area (Å²) in [5.41, 5.74) is 1.72. The van der Waals surface area contributed by atoms with Gasteiger partial charge in [0.2, 0.25) is 5.78 Å². The van der Waals surface area contributed by atoms with Crippen molar-refractivity contribution in [2.45, 2.75) is 46.6 Å². The number of aryl methyl sites for hydroxylation is 1. The molecule has 1 unspecified atom stereocenters. The molecule has 7 nitrogen and oxygen atoms in total. The Morgan fingerprint density at radius 2 is 1.77 bits per heavy atom. The van der Waals surface area contributed by atoms with Gasteiger partial charge in [-0.25, -0.2) is 0 Å². The monoisotopic (exact) mass is 480 g/mol. The number of nitrogens with one attached hydrogen (secondary N) is 1. The number of rotatable bonds is 11. The summed E-state index contributed by atoms with van der Waals surface area (Å²) in [7, 11) is 0. The standard InChI is InChI=1S/C28H36N2O5/c1-5-8-17-35-23-14-11-21(18-19(23)4)26(32)24-25(20-9-12-22(31)13-10-20)30(28(34)27(24)33)16-15-29(6-2)7-3/h9-14,18,25,31-32H,5-8,15-17H2,1-4H3. The fraction of sp³-hybridized carbons (Fsp3) is 0.429. The van der Waals surface area contributed by atoms with Crippen molar-refractivity contribution in [2.75, 3.05) is 32.8 Å². The lowest BCUT2D eigenvalue weighted by Crippen LogP contribution is -3.12. The average molecular weight is 481 g/mol. The number of nitrogens with zero attached hydrogens (tertiary/aromatic N) is 1. The van der Waals surface area contributed by atoms with Gasteiger partial charge in [0.25, 0.3) is 5.91 Å². The number of hydrogen-bond donors (Lipinski definition) is 2. The number of ketones is 1.